The van der Waals surface area contributed by atoms with Crippen LogP contribution in [0, 0.1) is 5.92 Å². The minimum Gasteiger partial charge on any atom is -0.486 e. The third-order valence-electron chi connectivity index (χ3n) is 5.09. The summed E-state index contributed by atoms with van der Waals surface area (Å²) < 4.78 is 11.4. The van der Waals surface area contributed by atoms with Crippen molar-refractivity contribution in [2.45, 2.75) is 39.3 Å². The van der Waals surface area contributed by atoms with E-state index in [-0.39, 0.29) is 0 Å². The first-order valence-corrected chi connectivity index (χ1v) is 10.4. The van der Waals surface area contributed by atoms with Crippen molar-refractivity contribution in [2.24, 2.45) is 5.92 Å². The highest BCUT2D eigenvalue weighted by Crippen LogP contribution is 2.43. The normalized spacial score (nSPS) is 17.2. The molecule has 2 aliphatic rings. The van der Waals surface area contributed by atoms with E-state index in [0.717, 1.165) is 36.3 Å². The van der Waals surface area contributed by atoms with Crippen LogP contribution in [0.25, 0.3) is 0 Å². The van der Waals surface area contributed by atoms with E-state index in [2.05, 4.69) is 41.2 Å². The second-order valence-corrected chi connectivity index (χ2v) is 7.97. The molecule has 6 heteroatoms. The van der Waals surface area contributed by atoms with Crippen molar-refractivity contribution in [3.63, 3.8) is 0 Å². The van der Waals surface area contributed by atoms with Crippen LogP contribution in [0.15, 0.2) is 24.4 Å². The van der Waals surface area contributed by atoms with E-state index in [1.165, 1.54) is 23.3 Å². The molecule has 26 heavy (non-hydrogen) atoms. The van der Waals surface area contributed by atoms with E-state index in [0.29, 0.717) is 25.2 Å². The molecule has 2 aromatic rings. The monoisotopic (exact) mass is 373 g/mol. The van der Waals surface area contributed by atoms with Gasteiger partial charge in [-0.2, -0.15) is 0 Å². The number of nitrogens with one attached hydrogen (secondary N) is 1. The summed E-state index contributed by atoms with van der Waals surface area (Å²) >= 11 is 1.79. The molecule has 4 rings (SSSR count). The fraction of sp³-hybridized carbons (Fsp3) is 0.550. The zero-order chi connectivity index (χ0) is 17.9. The summed E-state index contributed by atoms with van der Waals surface area (Å²) in [5, 5.41) is 4.88. The summed E-state index contributed by atoms with van der Waals surface area (Å²) in [4.78, 5) is 8.18. The molecule has 5 nitrogen and oxygen atoms in total. The molecule has 0 saturated heterocycles. The summed E-state index contributed by atoms with van der Waals surface area (Å²) in [5.41, 5.74) is 1.30. The van der Waals surface area contributed by atoms with Gasteiger partial charge in [0.05, 0.1) is 0 Å². The number of nitrogens with zero attached hydrogens (tertiary/aromatic N) is 2. The SMILES string of the molecule is CCN(CC)c1ncc(CNC(c2ccc3c(c2)OCCO3)C2CC2)s1. The Labute approximate surface area is 159 Å². The lowest BCUT2D eigenvalue weighted by Crippen LogP contribution is -2.23. The van der Waals surface area contributed by atoms with Crippen LogP contribution in [0.3, 0.4) is 0 Å². The maximum atomic E-state index is 5.77. The second-order valence-electron chi connectivity index (χ2n) is 6.88. The lowest BCUT2D eigenvalue weighted by atomic mass is 10.0. The summed E-state index contributed by atoms with van der Waals surface area (Å²) in [6, 6.07) is 6.74. The van der Waals surface area contributed by atoms with Gasteiger partial charge in [-0.3, -0.25) is 0 Å². The highest BCUT2D eigenvalue weighted by molar-refractivity contribution is 7.15. The number of ether oxygens (including phenoxy) is 2. The predicted molar refractivity (Wildman–Crippen MR) is 105 cm³/mol. The molecule has 1 fully saturated rings. The van der Waals surface area contributed by atoms with Gasteiger partial charge in [0.15, 0.2) is 16.6 Å². The maximum Gasteiger partial charge on any atom is 0.185 e. The van der Waals surface area contributed by atoms with Crippen molar-refractivity contribution < 1.29 is 9.47 Å². The van der Waals surface area contributed by atoms with Gasteiger partial charge < -0.3 is 19.7 Å². The zero-order valence-corrected chi connectivity index (χ0v) is 16.3. The van der Waals surface area contributed by atoms with Crippen LogP contribution in [-0.4, -0.2) is 31.3 Å². The highest BCUT2D eigenvalue weighted by Gasteiger charge is 2.32. The molecule has 1 aliphatic carbocycles. The molecular formula is C20H27N3O2S. The number of hydrogen-bond donors (Lipinski definition) is 1. The topological polar surface area (TPSA) is 46.6 Å². The van der Waals surface area contributed by atoms with Gasteiger partial charge in [-0.05, 0) is 50.3 Å². The quantitative estimate of drug-likeness (QED) is 0.758. The minimum absolute atomic E-state index is 0.366. The lowest BCUT2D eigenvalue weighted by Gasteiger charge is -2.23. The van der Waals surface area contributed by atoms with Gasteiger partial charge in [-0.1, -0.05) is 6.07 Å². The van der Waals surface area contributed by atoms with E-state index in [1.807, 2.05) is 12.3 Å². The Balaban J connectivity index is 1.45. The number of thiazole rings is 1. The van der Waals surface area contributed by atoms with Crippen LogP contribution < -0.4 is 19.7 Å². The average molecular weight is 374 g/mol. The van der Waals surface area contributed by atoms with Crippen LogP contribution in [0.4, 0.5) is 5.13 Å². The van der Waals surface area contributed by atoms with Crippen molar-refractivity contribution in [3.8, 4) is 11.5 Å². The first-order valence-electron chi connectivity index (χ1n) is 9.61. The van der Waals surface area contributed by atoms with Gasteiger partial charge in [-0.15, -0.1) is 11.3 Å². The van der Waals surface area contributed by atoms with Gasteiger partial charge in [-0.25, -0.2) is 4.98 Å². The van der Waals surface area contributed by atoms with Crippen LogP contribution in [0.1, 0.15) is 43.2 Å². The van der Waals surface area contributed by atoms with E-state index in [4.69, 9.17) is 9.47 Å². The highest BCUT2D eigenvalue weighted by atomic mass is 32.1. The third kappa shape index (κ3) is 3.81. The fourth-order valence-electron chi connectivity index (χ4n) is 3.47. The first kappa shape index (κ1) is 17.6. The van der Waals surface area contributed by atoms with Crippen LogP contribution in [-0.2, 0) is 6.54 Å². The second kappa shape index (κ2) is 7.84. The van der Waals surface area contributed by atoms with Crippen molar-refractivity contribution in [1.29, 1.82) is 0 Å². The van der Waals surface area contributed by atoms with Crippen molar-refractivity contribution >= 4 is 16.5 Å². The Morgan fingerprint density at radius 3 is 2.69 bits per heavy atom. The van der Waals surface area contributed by atoms with Crippen molar-refractivity contribution in [1.82, 2.24) is 10.3 Å². The molecule has 0 spiro atoms. The Kier molecular flexibility index (Phi) is 5.31. The predicted octanol–water partition coefficient (Wildman–Crippen LogP) is 4.00. The van der Waals surface area contributed by atoms with Gasteiger partial charge in [0, 0.05) is 36.8 Å². The largest absolute Gasteiger partial charge is 0.486 e. The van der Waals surface area contributed by atoms with E-state index in [1.54, 1.807) is 11.3 Å². The van der Waals surface area contributed by atoms with Crippen molar-refractivity contribution in [3.05, 3.63) is 34.8 Å². The standard InChI is InChI=1S/C20H27N3O2S/c1-3-23(4-2)20-22-13-16(26-20)12-21-19(14-5-6-14)15-7-8-17-18(11-15)25-10-9-24-17/h7-8,11,13-14,19,21H,3-6,9-10,12H2,1-2H3. The number of aromatic nitrogens is 1. The van der Waals surface area contributed by atoms with Crippen LogP contribution in [0.5, 0.6) is 11.5 Å². The minimum atomic E-state index is 0.366. The Morgan fingerprint density at radius 1 is 1.19 bits per heavy atom. The number of anilines is 1. The number of hydrogen-bond acceptors (Lipinski definition) is 6. The van der Waals surface area contributed by atoms with Gasteiger partial charge in [0.2, 0.25) is 0 Å². The van der Waals surface area contributed by atoms with Gasteiger partial charge in [0.1, 0.15) is 13.2 Å². The Bertz CT molecular complexity index is 740. The summed E-state index contributed by atoms with van der Waals surface area (Å²) in [7, 11) is 0. The summed E-state index contributed by atoms with van der Waals surface area (Å²) in [6.45, 7) is 8.47. The molecule has 1 unspecified atom stereocenters. The molecule has 1 aliphatic heterocycles. The first-order chi connectivity index (χ1) is 12.8. The molecule has 1 aromatic carbocycles. The lowest BCUT2D eigenvalue weighted by molar-refractivity contribution is 0.171. The van der Waals surface area contributed by atoms with Gasteiger partial charge >= 0.3 is 0 Å². The van der Waals surface area contributed by atoms with E-state index >= 15 is 0 Å². The maximum absolute atomic E-state index is 5.77. The van der Waals surface area contributed by atoms with Crippen LogP contribution >= 0.6 is 11.3 Å². The molecule has 0 amide bonds. The smallest absolute Gasteiger partial charge is 0.185 e. The molecular weight excluding hydrogens is 346 g/mol. The fourth-order valence-corrected chi connectivity index (χ4v) is 4.46. The Hall–Kier alpha value is -1.79. The van der Waals surface area contributed by atoms with Crippen molar-refractivity contribution in [2.75, 3.05) is 31.2 Å². The summed E-state index contributed by atoms with van der Waals surface area (Å²) in [5.74, 6) is 2.46. The van der Waals surface area contributed by atoms with E-state index in [9.17, 15) is 0 Å². The van der Waals surface area contributed by atoms with E-state index < -0.39 is 0 Å². The Morgan fingerprint density at radius 2 is 1.96 bits per heavy atom. The zero-order valence-electron chi connectivity index (χ0n) is 15.5. The summed E-state index contributed by atoms with van der Waals surface area (Å²) in [6.07, 6.45) is 4.60. The molecule has 0 bridgehead atoms. The number of fused-ring (bicyclic) bond motifs is 1. The molecule has 0 radical (unpaired) electrons. The van der Waals surface area contributed by atoms with Crippen LogP contribution in [0.2, 0.25) is 0 Å². The molecule has 1 saturated carbocycles. The third-order valence-corrected chi connectivity index (χ3v) is 6.15. The molecule has 1 aromatic heterocycles. The van der Waals surface area contributed by atoms with Gasteiger partial charge in [0.25, 0.3) is 0 Å². The number of benzene rings is 1. The average Bonchev–Trinajstić information content (AvgIpc) is 3.41. The molecule has 1 N–H and O–H groups in total. The molecule has 1 atom stereocenters. The molecule has 140 valence electrons. The molecule has 2 heterocycles. The number of rotatable bonds is 8.